The van der Waals surface area contributed by atoms with Gasteiger partial charge in [-0.2, -0.15) is 0 Å². The molecule has 0 radical (unpaired) electrons. The molecular formula is C14H32O3Ti. The van der Waals surface area contributed by atoms with Crippen molar-refractivity contribution in [3.63, 3.8) is 0 Å². The molecule has 0 N–H and O–H groups in total. The first-order valence-electron chi connectivity index (χ1n) is 7.34. The van der Waals surface area contributed by atoms with Crippen molar-refractivity contribution in [1.82, 2.24) is 0 Å². The first-order chi connectivity index (χ1) is 8.31. The van der Waals surface area contributed by atoms with Crippen LogP contribution < -0.4 is 0 Å². The van der Waals surface area contributed by atoms with Crippen LogP contribution in [0.5, 0.6) is 0 Å². The molecular weight excluding hydrogens is 264 g/mol. The van der Waals surface area contributed by atoms with Gasteiger partial charge in [0.2, 0.25) is 0 Å². The first kappa shape index (κ1) is 18.6. The second-order valence-corrected chi connectivity index (χ2v) is 9.66. The van der Waals surface area contributed by atoms with Gasteiger partial charge in [0.1, 0.15) is 0 Å². The quantitative estimate of drug-likeness (QED) is 0.429. The molecule has 0 fully saturated rings. The molecule has 18 heavy (non-hydrogen) atoms. The summed E-state index contributed by atoms with van der Waals surface area (Å²) in [6.45, 7) is 14.6. The molecule has 0 aliphatic rings. The van der Waals surface area contributed by atoms with Crippen molar-refractivity contribution in [3.8, 4) is 0 Å². The third-order valence-corrected chi connectivity index (χ3v) is 7.73. The second kappa shape index (κ2) is 9.49. The fourth-order valence-electron chi connectivity index (χ4n) is 1.93. The molecule has 0 bridgehead atoms. The van der Waals surface area contributed by atoms with E-state index < -0.39 is 17.8 Å². The van der Waals surface area contributed by atoms with Crippen LogP contribution in [-0.4, -0.2) is 18.3 Å². The van der Waals surface area contributed by atoms with Gasteiger partial charge in [-0.1, -0.05) is 0 Å². The first-order valence-corrected chi connectivity index (χ1v) is 10.4. The summed E-state index contributed by atoms with van der Waals surface area (Å²) < 4.78 is 19.4. The average Bonchev–Trinajstić information content (AvgIpc) is 2.13. The molecule has 0 spiro atoms. The molecule has 0 rings (SSSR count). The third kappa shape index (κ3) is 8.65. The van der Waals surface area contributed by atoms with Crippen LogP contribution in [0.1, 0.15) is 67.7 Å². The Kier molecular flexibility index (Phi) is 9.80. The Labute approximate surface area is 118 Å². The van der Waals surface area contributed by atoms with E-state index in [-0.39, 0.29) is 18.3 Å². The topological polar surface area (TPSA) is 27.7 Å². The molecule has 110 valence electrons. The van der Waals surface area contributed by atoms with E-state index in [1.54, 1.807) is 0 Å². The zero-order valence-corrected chi connectivity index (χ0v) is 14.8. The Balaban J connectivity index is 4.74. The molecule has 0 heterocycles. The maximum atomic E-state index is 6.15. The molecule has 0 aliphatic heterocycles. The zero-order chi connectivity index (χ0) is 14.2. The van der Waals surface area contributed by atoms with E-state index in [9.17, 15) is 0 Å². The minimum absolute atomic E-state index is 0.170. The van der Waals surface area contributed by atoms with Gasteiger partial charge in [0.25, 0.3) is 0 Å². The summed E-state index contributed by atoms with van der Waals surface area (Å²) >= 11 is -3.10. The second-order valence-electron chi connectivity index (χ2n) is 5.64. The fourth-order valence-corrected chi connectivity index (χ4v) is 7.17. The number of hydrogen-bond donors (Lipinski definition) is 0. The van der Waals surface area contributed by atoms with Gasteiger partial charge < -0.3 is 0 Å². The SMILES string of the molecule is CCCC[CH2][Ti]([O]C(C)C)([O]C(C)C)[O]C(C)C. The molecule has 0 aromatic heterocycles. The van der Waals surface area contributed by atoms with Crippen LogP contribution in [-0.2, 0) is 27.7 Å². The number of unbranched alkanes of at least 4 members (excludes halogenated alkanes) is 2. The van der Waals surface area contributed by atoms with E-state index in [1.165, 1.54) is 12.8 Å². The van der Waals surface area contributed by atoms with Gasteiger partial charge in [-0.25, -0.2) is 0 Å². The molecule has 0 aromatic carbocycles. The molecule has 0 aromatic rings. The van der Waals surface area contributed by atoms with E-state index in [0.717, 1.165) is 11.1 Å². The number of hydrogen-bond acceptors (Lipinski definition) is 3. The standard InChI is InChI=1S/C5H11.3C3H7O.Ti/c1-3-5-4-2;3*1-3(2)4;/h1,3-5H2,2H3;3*3H,1-2H3;/q;3*-1;+3. The maximum absolute atomic E-state index is 6.15. The van der Waals surface area contributed by atoms with Crippen molar-refractivity contribution in [1.29, 1.82) is 0 Å². The van der Waals surface area contributed by atoms with Crippen LogP contribution in [0.3, 0.4) is 0 Å². The molecule has 4 heteroatoms. The average molecular weight is 296 g/mol. The summed E-state index contributed by atoms with van der Waals surface area (Å²) in [7, 11) is 0. The predicted molar refractivity (Wildman–Crippen MR) is 73.0 cm³/mol. The molecule has 3 nitrogen and oxygen atoms in total. The van der Waals surface area contributed by atoms with Crippen molar-refractivity contribution in [2.75, 3.05) is 0 Å². The Bertz CT molecular complexity index is 179. The third-order valence-electron chi connectivity index (χ3n) is 2.33. The van der Waals surface area contributed by atoms with Crippen LogP contribution in [0.15, 0.2) is 0 Å². The van der Waals surface area contributed by atoms with Gasteiger partial charge in [0.15, 0.2) is 0 Å². The zero-order valence-electron chi connectivity index (χ0n) is 13.3. The summed E-state index contributed by atoms with van der Waals surface area (Å²) in [6.07, 6.45) is 4.08. The van der Waals surface area contributed by atoms with Gasteiger partial charge in [0, 0.05) is 0 Å². The van der Waals surface area contributed by atoms with Crippen LogP contribution in [0, 0.1) is 0 Å². The van der Waals surface area contributed by atoms with Crippen LogP contribution in [0.2, 0.25) is 4.73 Å². The van der Waals surface area contributed by atoms with Crippen molar-refractivity contribution in [2.24, 2.45) is 0 Å². The van der Waals surface area contributed by atoms with Gasteiger partial charge in [-0.3, -0.25) is 0 Å². The van der Waals surface area contributed by atoms with Gasteiger partial charge in [-0.15, -0.1) is 0 Å². The Morgan fingerprint density at radius 3 is 1.39 bits per heavy atom. The monoisotopic (exact) mass is 296 g/mol. The van der Waals surface area contributed by atoms with E-state index in [0.29, 0.717) is 0 Å². The Morgan fingerprint density at radius 2 is 1.11 bits per heavy atom. The van der Waals surface area contributed by atoms with E-state index in [2.05, 4.69) is 48.5 Å². The summed E-state index contributed by atoms with van der Waals surface area (Å²) in [5.74, 6) is 0. The van der Waals surface area contributed by atoms with E-state index >= 15 is 0 Å². The minimum atomic E-state index is -3.10. The van der Waals surface area contributed by atoms with Crippen molar-refractivity contribution in [3.05, 3.63) is 0 Å². The molecule has 0 amide bonds. The van der Waals surface area contributed by atoms with Gasteiger partial charge in [0.05, 0.1) is 0 Å². The van der Waals surface area contributed by atoms with E-state index in [1.807, 2.05) is 0 Å². The summed E-state index contributed by atoms with van der Waals surface area (Å²) in [5, 5.41) is 0. The molecule has 0 saturated heterocycles. The molecule has 0 saturated carbocycles. The van der Waals surface area contributed by atoms with Crippen molar-refractivity contribution in [2.45, 2.75) is 90.8 Å². The molecule has 0 atom stereocenters. The van der Waals surface area contributed by atoms with Crippen molar-refractivity contribution < 1.29 is 27.7 Å². The summed E-state index contributed by atoms with van der Waals surface area (Å²) in [6, 6.07) is 0. The van der Waals surface area contributed by atoms with Gasteiger partial charge >= 0.3 is 118 Å². The Morgan fingerprint density at radius 1 is 0.722 bits per heavy atom. The molecule has 0 unspecified atom stereocenters. The molecule has 0 aliphatic carbocycles. The van der Waals surface area contributed by atoms with Gasteiger partial charge in [-0.05, 0) is 0 Å². The van der Waals surface area contributed by atoms with Crippen LogP contribution in [0.25, 0.3) is 0 Å². The predicted octanol–water partition coefficient (Wildman–Crippen LogP) is 4.77. The fraction of sp³-hybridized carbons (Fsp3) is 1.00. The Hall–Kier alpha value is 0.594. The van der Waals surface area contributed by atoms with Crippen molar-refractivity contribution >= 4 is 0 Å². The number of rotatable bonds is 10. The van der Waals surface area contributed by atoms with E-state index in [4.69, 9.17) is 9.96 Å². The normalized spacial score (nSPS) is 13.0. The van der Waals surface area contributed by atoms with Crippen LogP contribution in [0.4, 0.5) is 0 Å². The van der Waals surface area contributed by atoms with Crippen LogP contribution >= 0.6 is 0 Å². The summed E-state index contributed by atoms with van der Waals surface area (Å²) in [4.78, 5) is 0. The summed E-state index contributed by atoms with van der Waals surface area (Å²) in [5.41, 5.74) is 0.